The Morgan fingerprint density at radius 2 is 1.76 bits per heavy atom. The molecule has 0 spiro atoms. The third-order valence-electron chi connectivity index (χ3n) is 2.67. The molecule has 1 unspecified atom stereocenters. The van der Waals surface area contributed by atoms with E-state index in [0.29, 0.717) is 5.56 Å². The molecule has 0 aliphatic heterocycles. The van der Waals surface area contributed by atoms with Crippen molar-refractivity contribution in [1.82, 2.24) is 0 Å². The first-order valence-corrected chi connectivity index (χ1v) is 6.18. The van der Waals surface area contributed by atoms with Crippen LogP contribution in [-0.2, 0) is 0 Å². The average molecular weight is 294 g/mol. The van der Waals surface area contributed by atoms with Crippen LogP contribution in [0, 0.1) is 5.82 Å². The minimum Gasteiger partial charge on any atom is -0.324 e. The Morgan fingerprint density at radius 3 is 2.35 bits per heavy atom. The van der Waals surface area contributed by atoms with Gasteiger partial charge in [0, 0.05) is 16.1 Å². The van der Waals surface area contributed by atoms with Crippen LogP contribution in [0.15, 0.2) is 46.9 Å². The highest BCUT2D eigenvalue weighted by Crippen LogP contribution is 2.27. The molecule has 88 valence electrons. The van der Waals surface area contributed by atoms with E-state index >= 15 is 0 Å². The summed E-state index contributed by atoms with van der Waals surface area (Å²) in [6.07, 6.45) is 0. The van der Waals surface area contributed by atoms with E-state index in [1.807, 2.05) is 37.3 Å². The van der Waals surface area contributed by atoms with Gasteiger partial charge in [-0.05, 0) is 42.3 Å². The van der Waals surface area contributed by atoms with Crippen molar-refractivity contribution in [2.24, 2.45) is 5.73 Å². The number of hydrogen-bond acceptors (Lipinski definition) is 1. The molecular weight excluding hydrogens is 281 g/mol. The second-order valence-corrected chi connectivity index (χ2v) is 4.95. The van der Waals surface area contributed by atoms with Crippen molar-refractivity contribution in [3.05, 3.63) is 58.3 Å². The Labute approximate surface area is 109 Å². The van der Waals surface area contributed by atoms with Crippen molar-refractivity contribution < 1.29 is 4.39 Å². The summed E-state index contributed by atoms with van der Waals surface area (Å²) in [5.74, 6) is -0.225. The van der Waals surface area contributed by atoms with Gasteiger partial charge < -0.3 is 5.73 Å². The first-order valence-electron chi connectivity index (χ1n) is 5.39. The molecule has 0 saturated heterocycles. The maximum absolute atomic E-state index is 13.8. The average Bonchev–Trinajstić information content (AvgIpc) is 2.31. The summed E-state index contributed by atoms with van der Waals surface area (Å²) in [5.41, 5.74) is 8.18. The van der Waals surface area contributed by atoms with Crippen molar-refractivity contribution in [2.75, 3.05) is 0 Å². The molecule has 0 fully saturated rings. The zero-order chi connectivity index (χ0) is 12.4. The van der Waals surface area contributed by atoms with Gasteiger partial charge in [-0.3, -0.25) is 0 Å². The minimum atomic E-state index is -0.225. The number of rotatable bonds is 2. The van der Waals surface area contributed by atoms with E-state index in [1.54, 1.807) is 6.07 Å². The highest BCUT2D eigenvalue weighted by molar-refractivity contribution is 9.10. The fraction of sp³-hybridized carbons (Fsp3) is 0.143. The van der Waals surface area contributed by atoms with E-state index in [2.05, 4.69) is 15.9 Å². The lowest BCUT2D eigenvalue weighted by molar-refractivity contribution is 0.629. The molecule has 1 atom stereocenters. The summed E-state index contributed by atoms with van der Waals surface area (Å²) in [4.78, 5) is 0. The monoisotopic (exact) mass is 293 g/mol. The number of nitrogens with two attached hydrogens (primary N) is 1. The Morgan fingerprint density at radius 1 is 1.12 bits per heavy atom. The van der Waals surface area contributed by atoms with Crippen LogP contribution in [0.25, 0.3) is 11.1 Å². The Hall–Kier alpha value is -1.19. The van der Waals surface area contributed by atoms with Crippen molar-refractivity contribution in [3.8, 4) is 11.1 Å². The molecule has 17 heavy (non-hydrogen) atoms. The minimum absolute atomic E-state index is 0.0928. The van der Waals surface area contributed by atoms with Crippen LogP contribution in [0.5, 0.6) is 0 Å². The lowest BCUT2D eigenvalue weighted by Crippen LogP contribution is -2.05. The number of hydrogen-bond donors (Lipinski definition) is 1. The Bertz CT molecular complexity index is 520. The van der Waals surface area contributed by atoms with Gasteiger partial charge in [-0.25, -0.2) is 4.39 Å². The Kier molecular flexibility index (Phi) is 3.60. The molecule has 3 heteroatoms. The first-order chi connectivity index (χ1) is 8.08. The van der Waals surface area contributed by atoms with E-state index in [4.69, 9.17) is 5.73 Å². The zero-order valence-electron chi connectivity index (χ0n) is 9.45. The fourth-order valence-electron chi connectivity index (χ4n) is 1.68. The Balaban J connectivity index is 2.50. The summed E-state index contributed by atoms with van der Waals surface area (Å²) in [6.45, 7) is 1.89. The first kappa shape index (κ1) is 12.3. The SMILES string of the molecule is CC(N)c1ccc(F)c(-c2ccc(Br)cc2)c1. The van der Waals surface area contributed by atoms with Crippen molar-refractivity contribution >= 4 is 15.9 Å². The molecule has 0 heterocycles. The van der Waals surface area contributed by atoms with Crippen LogP contribution in [-0.4, -0.2) is 0 Å². The summed E-state index contributed by atoms with van der Waals surface area (Å²) in [7, 11) is 0. The molecule has 0 aromatic heterocycles. The molecule has 0 radical (unpaired) electrons. The van der Waals surface area contributed by atoms with E-state index in [1.165, 1.54) is 6.07 Å². The molecule has 0 aliphatic carbocycles. The highest BCUT2D eigenvalue weighted by Gasteiger charge is 2.08. The number of benzene rings is 2. The molecule has 0 saturated carbocycles. The van der Waals surface area contributed by atoms with Crippen LogP contribution >= 0.6 is 15.9 Å². The van der Waals surface area contributed by atoms with Crippen molar-refractivity contribution in [2.45, 2.75) is 13.0 Å². The van der Waals surface area contributed by atoms with Crippen LogP contribution in [0.4, 0.5) is 4.39 Å². The third-order valence-corrected chi connectivity index (χ3v) is 3.20. The molecular formula is C14H13BrFN. The maximum atomic E-state index is 13.8. The van der Waals surface area contributed by atoms with Crippen LogP contribution in [0.1, 0.15) is 18.5 Å². The standard InChI is InChI=1S/C14H13BrFN/c1-9(17)11-4-7-14(16)13(8-11)10-2-5-12(15)6-3-10/h2-9H,17H2,1H3. The van der Waals surface area contributed by atoms with Crippen LogP contribution < -0.4 is 5.73 Å². The molecule has 0 amide bonds. The van der Waals surface area contributed by atoms with Crippen molar-refractivity contribution in [1.29, 1.82) is 0 Å². The maximum Gasteiger partial charge on any atom is 0.131 e. The zero-order valence-corrected chi connectivity index (χ0v) is 11.0. The van der Waals surface area contributed by atoms with Gasteiger partial charge in [0.25, 0.3) is 0 Å². The summed E-state index contributed by atoms with van der Waals surface area (Å²) >= 11 is 3.36. The summed E-state index contributed by atoms with van der Waals surface area (Å²) < 4.78 is 14.7. The van der Waals surface area contributed by atoms with Gasteiger partial charge in [-0.1, -0.05) is 34.1 Å². The van der Waals surface area contributed by atoms with Gasteiger partial charge >= 0.3 is 0 Å². The van der Waals surface area contributed by atoms with E-state index in [0.717, 1.165) is 15.6 Å². The van der Waals surface area contributed by atoms with Crippen molar-refractivity contribution in [3.63, 3.8) is 0 Å². The van der Waals surface area contributed by atoms with Crippen LogP contribution in [0.3, 0.4) is 0 Å². The molecule has 0 aliphatic rings. The van der Waals surface area contributed by atoms with Crippen LogP contribution in [0.2, 0.25) is 0 Å². The van der Waals surface area contributed by atoms with Gasteiger partial charge in [0.15, 0.2) is 0 Å². The summed E-state index contributed by atoms with van der Waals surface area (Å²) in [6, 6.07) is 12.5. The van der Waals surface area contributed by atoms with Gasteiger partial charge in [-0.15, -0.1) is 0 Å². The number of halogens is 2. The van der Waals surface area contributed by atoms with Gasteiger partial charge in [0.1, 0.15) is 5.82 Å². The topological polar surface area (TPSA) is 26.0 Å². The lowest BCUT2D eigenvalue weighted by Gasteiger charge is -2.09. The quantitative estimate of drug-likeness (QED) is 0.879. The fourth-order valence-corrected chi connectivity index (χ4v) is 1.94. The molecule has 2 rings (SSSR count). The molecule has 0 bridgehead atoms. The molecule has 2 N–H and O–H groups in total. The van der Waals surface area contributed by atoms with E-state index in [9.17, 15) is 4.39 Å². The van der Waals surface area contributed by atoms with Gasteiger partial charge in [0.2, 0.25) is 0 Å². The predicted octanol–water partition coefficient (Wildman–Crippen LogP) is 4.27. The largest absolute Gasteiger partial charge is 0.324 e. The molecule has 1 nitrogen and oxygen atoms in total. The van der Waals surface area contributed by atoms with Gasteiger partial charge in [-0.2, -0.15) is 0 Å². The molecule has 2 aromatic carbocycles. The second-order valence-electron chi connectivity index (χ2n) is 4.03. The van der Waals surface area contributed by atoms with E-state index < -0.39 is 0 Å². The summed E-state index contributed by atoms with van der Waals surface area (Å²) in [5, 5.41) is 0. The second kappa shape index (κ2) is 4.98. The lowest BCUT2D eigenvalue weighted by atomic mass is 10.00. The van der Waals surface area contributed by atoms with E-state index in [-0.39, 0.29) is 11.9 Å². The smallest absolute Gasteiger partial charge is 0.131 e. The van der Waals surface area contributed by atoms with Gasteiger partial charge in [0.05, 0.1) is 0 Å². The normalized spacial score (nSPS) is 12.5. The molecule has 2 aromatic rings. The predicted molar refractivity (Wildman–Crippen MR) is 72.1 cm³/mol. The third kappa shape index (κ3) is 2.73. The highest BCUT2D eigenvalue weighted by atomic mass is 79.9.